The molecule has 1 amide bonds. The number of hydrogen-bond acceptors (Lipinski definition) is 7. The van der Waals surface area contributed by atoms with E-state index in [9.17, 15) is 9.59 Å². The molecule has 4 rings (SSSR count). The number of carbonyl (C=O) groups excluding carboxylic acids is 2. The Morgan fingerprint density at radius 1 is 1.00 bits per heavy atom. The van der Waals surface area contributed by atoms with E-state index in [4.69, 9.17) is 9.47 Å². The van der Waals surface area contributed by atoms with Crippen LogP contribution in [0.2, 0.25) is 0 Å². The van der Waals surface area contributed by atoms with E-state index in [2.05, 4.69) is 10.3 Å². The molecule has 0 fully saturated rings. The summed E-state index contributed by atoms with van der Waals surface area (Å²) in [6.45, 7) is -0.384. The van der Waals surface area contributed by atoms with Crippen molar-refractivity contribution in [1.29, 1.82) is 0 Å². The summed E-state index contributed by atoms with van der Waals surface area (Å²) < 4.78 is 11.4. The minimum atomic E-state index is -0.544. The van der Waals surface area contributed by atoms with Crippen molar-refractivity contribution in [2.75, 3.05) is 19.0 Å². The van der Waals surface area contributed by atoms with Crippen LogP contribution in [0.4, 0.5) is 5.69 Å². The third kappa shape index (κ3) is 4.28. The Balaban J connectivity index is 1.38. The summed E-state index contributed by atoms with van der Waals surface area (Å²) in [6, 6.07) is 18.4. The highest BCUT2D eigenvalue weighted by molar-refractivity contribution is 7.26. The highest BCUT2D eigenvalue weighted by Gasteiger charge is 2.16. The Kier molecular flexibility index (Phi) is 5.55. The number of amides is 1. The molecule has 0 aliphatic carbocycles. The van der Waals surface area contributed by atoms with E-state index in [1.165, 1.54) is 18.4 Å². The molecule has 0 aliphatic rings. The second-order valence-electron chi connectivity index (χ2n) is 5.98. The molecule has 0 radical (unpaired) electrons. The van der Waals surface area contributed by atoms with Crippen LogP contribution in [0.25, 0.3) is 20.1 Å². The molecular formula is C21H16N2O4S2. The molecule has 2 aromatic heterocycles. The normalized spacial score (nSPS) is 10.7. The van der Waals surface area contributed by atoms with Crippen LogP contribution in [0.3, 0.4) is 0 Å². The van der Waals surface area contributed by atoms with E-state index in [1.54, 1.807) is 41.7 Å². The van der Waals surface area contributed by atoms with Crippen molar-refractivity contribution in [3.8, 4) is 15.6 Å². The zero-order valence-corrected chi connectivity index (χ0v) is 17.0. The molecule has 2 heterocycles. The molecule has 0 spiro atoms. The maximum atomic E-state index is 12.3. The van der Waals surface area contributed by atoms with Gasteiger partial charge in [-0.2, -0.15) is 0 Å². The first-order valence-corrected chi connectivity index (χ1v) is 10.3. The summed E-state index contributed by atoms with van der Waals surface area (Å²) in [4.78, 5) is 30.3. The smallest absolute Gasteiger partial charge is 0.348 e. The van der Waals surface area contributed by atoms with E-state index in [0.717, 1.165) is 20.1 Å². The van der Waals surface area contributed by atoms with Gasteiger partial charge in [0, 0.05) is 0 Å². The van der Waals surface area contributed by atoms with Crippen molar-refractivity contribution in [3.05, 3.63) is 65.5 Å². The number of hydrogen-bond donors (Lipinski definition) is 1. The maximum Gasteiger partial charge on any atom is 0.348 e. The molecule has 2 aromatic carbocycles. The Hall–Kier alpha value is -3.23. The number of methoxy groups -OCH3 is 1. The van der Waals surface area contributed by atoms with Crippen LogP contribution < -0.4 is 10.1 Å². The molecule has 0 aliphatic heterocycles. The van der Waals surface area contributed by atoms with Gasteiger partial charge in [-0.25, -0.2) is 9.78 Å². The van der Waals surface area contributed by atoms with Gasteiger partial charge in [0.25, 0.3) is 5.91 Å². The first-order chi connectivity index (χ1) is 14.1. The Morgan fingerprint density at radius 2 is 1.79 bits per heavy atom. The molecule has 0 unspecified atom stereocenters. The lowest BCUT2D eigenvalue weighted by Gasteiger charge is -2.09. The fourth-order valence-electron chi connectivity index (χ4n) is 2.68. The van der Waals surface area contributed by atoms with Gasteiger partial charge in [0.1, 0.15) is 15.6 Å². The van der Waals surface area contributed by atoms with Crippen molar-refractivity contribution in [1.82, 2.24) is 4.98 Å². The summed E-state index contributed by atoms with van der Waals surface area (Å²) >= 11 is 2.86. The summed E-state index contributed by atoms with van der Waals surface area (Å²) in [6.07, 6.45) is 0. The zero-order valence-electron chi connectivity index (χ0n) is 15.4. The van der Waals surface area contributed by atoms with Gasteiger partial charge in [0.15, 0.2) is 6.61 Å². The van der Waals surface area contributed by atoms with Crippen LogP contribution in [0, 0.1) is 0 Å². The molecule has 29 heavy (non-hydrogen) atoms. The number of ether oxygens (including phenoxy) is 2. The van der Waals surface area contributed by atoms with E-state index in [-0.39, 0.29) is 6.61 Å². The molecule has 0 saturated heterocycles. The first kappa shape index (κ1) is 19.1. The monoisotopic (exact) mass is 424 g/mol. The molecule has 6 nitrogen and oxygen atoms in total. The Labute approximate surface area is 174 Å². The highest BCUT2D eigenvalue weighted by atomic mass is 32.1. The van der Waals surface area contributed by atoms with Crippen LogP contribution in [-0.4, -0.2) is 30.6 Å². The van der Waals surface area contributed by atoms with Gasteiger partial charge in [-0.1, -0.05) is 24.3 Å². The third-order valence-electron chi connectivity index (χ3n) is 4.03. The van der Waals surface area contributed by atoms with E-state index < -0.39 is 11.9 Å². The largest absolute Gasteiger partial charge is 0.495 e. The number of nitrogens with one attached hydrogen (secondary N) is 1. The average molecular weight is 425 g/mol. The van der Waals surface area contributed by atoms with E-state index >= 15 is 0 Å². The second-order valence-corrected chi connectivity index (χ2v) is 8.09. The number of anilines is 1. The lowest BCUT2D eigenvalue weighted by molar-refractivity contribution is -0.119. The number of benzene rings is 2. The number of nitrogens with zero attached hydrogens (tertiary/aromatic N) is 1. The standard InChI is InChI=1S/C21H16N2O4S2/c1-26-15-8-4-2-6-13(15)22-19(24)12-27-21(25)18-11-10-17(28-18)20-23-14-7-3-5-9-16(14)29-20/h2-11H,12H2,1H3,(H,22,24). The number of thiazole rings is 1. The number of rotatable bonds is 6. The van der Waals surface area contributed by atoms with Gasteiger partial charge >= 0.3 is 5.97 Å². The average Bonchev–Trinajstić information content (AvgIpc) is 3.39. The lowest BCUT2D eigenvalue weighted by atomic mass is 10.3. The van der Waals surface area contributed by atoms with Gasteiger partial charge in [0.2, 0.25) is 0 Å². The second kappa shape index (κ2) is 8.42. The summed E-state index contributed by atoms with van der Waals surface area (Å²) in [5.74, 6) is -0.450. The number of esters is 1. The van der Waals surface area contributed by atoms with Crippen LogP contribution in [0.1, 0.15) is 9.67 Å². The number of thiophene rings is 1. The van der Waals surface area contributed by atoms with Crippen LogP contribution in [0.5, 0.6) is 5.75 Å². The molecule has 146 valence electrons. The summed E-state index contributed by atoms with van der Waals surface area (Å²) in [5, 5.41) is 3.52. The first-order valence-electron chi connectivity index (χ1n) is 8.70. The number of carbonyl (C=O) groups is 2. The van der Waals surface area contributed by atoms with Crippen LogP contribution in [0.15, 0.2) is 60.7 Å². The number of para-hydroxylation sites is 3. The molecule has 0 saturated carbocycles. The number of aromatic nitrogens is 1. The Bertz CT molecular complexity index is 1150. The molecule has 0 bridgehead atoms. The van der Waals surface area contributed by atoms with Gasteiger partial charge in [0.05, 0.1) is 27.9 Å². The van der Waals surface area contributed by atoms with Crippen LogP contribution in [-0.2, 0) is 9.53 Å². The maximum absolute atomic E-state index is 12.3. The van der Waals surface area contributed by atoms with Crippen molar-refractivity contribution < 1.29 is 19.1 Å². The van der Waals surface area contributed by atoms with E-state index in [1.807, 2.05) is 30.3 Å². The molecular weight excluding hydrogens is 408 g/mol. The number of fused-ring (bicyclic) bond motifs is 1. The van der Waals surface area contributed by atoms with Gasteiger partial charge in [-0.05, 0) is 36.4 Å². The van der Waals surface area contributed by atoms with Crippen molar-refractivity contribution in [3.63, 3.8) is 0 Å². The highest BCUT2D eigenvalue weighted by Crippen LogP contribution is 2.34. The van der Waals surface area contributed by atoms with Crippen molar-refractivity contribution in [2.45, 2.75) is 0 Å². The van der Waals surface area contributed by atoms with Gasteiger partial charge in [-0.3, -0.25) is 4.79 Å². The molecule has 8 heteroatoms. The van der Waals surface area contributed by atoms with Crippen molar-refractivity contribution in [2.24, 2.45) is 0 Å². The predicted octanol–water partition coefficient (Wildman–Crippen LogP) is 4.83. The molecule has 1 N–H and O–H groups in total. The van der Waals surface area contributed by atoms with E-state index in [0.29, 0.717) is 16.3 Å². The molecule has 0 atom stereocenters. The van der Waals surface area contributed by atoms with Gasteiger partial charge < -0.3 is 14.8 Å². The summed E-state index contributed by atoms with van der Waals surface area (Å²) in [7, 11) is 1.52. The lowest BCUT2D eigenvalue weighted by Crippen LogP contribution is -2.20. The minimum Gasteiger partial charge on any atom is -0.495 e. The molecule has 4 aromatic rings. The fourth-order valence-corrected chi connectivity index (χ4v) is 4.60. The summed E-state index contributed by atoms with van der Waals surface area (Å²) in [5.41, 5.74) is 1.45. The van der Waals surface area contributed by atoms with Crippen molar-refractivity contribution >= 4 is 50.5 Å². The predicted molar refractivity (Wildman–Crippen MR) is 115 cm³/mol. The third-order valence-corrected chi connectivity index (χ3v) is 6.30. The zero-order chi connectivity index (χ0) is 20.2. The minimum absolute atomic E-state index is 0.384. The topological polar surface area (TPSA) is 77.5 Å². The quantitative estimate of drug-likeness (QED) is 0.449. The Morgan fingerprint density at radius 3 is 2.62 bits per heavy atom. The van der Waals surface area contributed by atoms with Crippen LogP contribution >= 0.6 is 22.7 Å². The fraction of sp³-hybridized carbons (Fsp3) is 0.0952. The van der Waals surface area contributed by atoms with Gasteiger partial charge in [-0.15, -0.1) is 22.7 Å². The SMILES string of the molecule is COc1ccccc1NC(=O)COC(=O)c1ccc(-c2nc3ccccc3s2)s1.